The van der Waals surface area contributed by atoms with Crippen molar-refractivity contribution in [1.29, 1.82) is 0 Å². The van der Waals surface area contributed by atoms with Crippen LogP contribution in [0.25, 0.3) is 0 Å². The third-order valence-electron chi connectivity index (χ3n) is 3.14. The van der Waals surface area contributed by atoms with Crippen LogP contribution in [0.4, 0.5) is 0 Å². The van der Waals surface area contributed by atoms with Crippen molar-refractivity contribution in [2.75, 3.05) is 7.05 Å². The quantitative estimate of drug-likeness (QED) is 0.834. The van der Waals surface area contributed by atoms with Crippen LogP contribution in [0.5, 0.6) is 0 Å². The smallest absolute Gasteiger partial charge is 0.235 e. The van der Waals surface area contributed by atoms with Gasteiger partial charge in [-0.2, -0.15) is 12.6 Å². The minimum absolute atomic E-state index is 0.00963. The van der Waals surface area contributed by atoms with Gasteiger partial charge in [-0.05, 0) is 30.5 Å². The molecule has 0 aliphatic carbocycles. The van der Waals surface area contributed by atoms with E-state index in [1.807, 2.05) is 45.0 Å². The molecule has 0 aliphatic heterocycles. The zero-order chi connectivity index (χ0) is 13.9. The molecule has 100 valence electrons. The van der Waals surface area contributed by atoms with Gasteiger partial charge >= 0.3 is 0 Å². The Morgan fingerprint density at radius 2 is 1.94 bits per heavy atom. The van der Waals surface area contributed by atoms with Crippen molar-refractivity contribution in [3.8, 4) is 0 Å². The summed E-state index contributed by atoms with van der Waals surface area (Å²) in [5.74, 6) is 0.260. The number of thiol groups is 1. The van der Waals surface area contributed by atoms with Crippen molar-refractivity contribution in [1.82, 2.24) is 4.90 Å². The van der Waals surface area contributed by atoms with Crippen LogP contribution in [0.1, 0.15) is 32.4 Å². The van der Waals surface area contributed by atoms with E-state index in [2.05, 4.69) is 12.6 Å². The highest BCUT2D eigenvalue weighted by atomic mass is 35.5. The normalized spacial score (nSPS) is 14.4. The molecule has 1 aromatic carbocycles. The van der Waals surface area contributed by atoms with E-state index in [1.54, 1.807) is 11.9 Å². The van der Waals surface area contributed by atoms with Crippen molar-refractivity contribution < 1.29 is 4.79 Å². The summed E-state index contributed by atoms with van der Waals surface area (Å²) in [6.07, 6.45) is 0. The van der Waals surface area contributed by atoms with Crippen LogP contribution in [0, 0.1) is 5.92 Å². The number of carbonyl (C=O) groups excluding carboxylic acids is 1. The average Bonchev–Trinajstić information content (AvgIpc) is 2.35. The molecule has 0 saturated heterocycles. The predicted octanol–water partition coefficient (Wildman–Crippen LogP) is 3.81. The molecule has 0 N–H and O–H groups in total. The van der Waals surface area contributed by atoms with Gasteiger partial charge < -0.3 is 4.90 Å². The van der Waals surface area contributed by atoms with E-state index in [0.717, 1.165) is 5.56 Å². The van der Waals surface area contributed by atoms with Crippen molar-refractivity contribution >= 4 is 30.1 Å². The third kappa shape index (κ3) is 3.66. The van der Waals surface area contributed by atoms with Crippen molar-refractivity contribution in [2.45, 2.75) is 32.1 Å². The van der Waals surface area contributed by atoms with Crippen LogP contribution in [0.15, 0.2) is 24.3 Å². The second-order valence-electron chi connectivity index (χ2n) is 4.87. The van der Waals surface area contributed by atoms with E-state index in [0.29, 0.717) is 5.02 Å². The number of halogens is 1. The molecule has 18 heavy (non-hydrogen) atoms. The number of carbonyl (C=O) groups is 1. The highest BCUT2D eigenvalue weighted by Crippen LogP contribution is 2.24. The van der Waals surface area contributed by atoms with E-state index in [-0.39, 0.29) is 23.1 Å². The molecular formula is C14H20ClNOS. The Labute approximate surface area is 120 Å². The average molecular weight is 286 g/mol. The van der Waals surface area contributed by atoms with Gasteiger partial charge in [-0.25, -0.2) is 0 Å². The first-order valence-electron chi connectivity index (χ1n) is 6.04. The number of rotatable bonds is 4. The summed E-state index contributed by atoms with van der Waals surface area (Å²) >= 11 is 10.3. The maximum atomic E-state index is 12.2. The maximum Gasteiger partial charge on any atom is 0.235 e. The molecule has 2 unspecified atom stereocenters. The Balaban J connectivity index is 2.84. The van der Waals surface area contributed by atoms with E-state index < -0.39 is 0 Å². The van der Waals surface area contributed by atoms with Gasteiger partial charge in [0.1, 0.15) is 0 Å². The van der Waals surface area contributed by atoms with Crippen LogP contribution < -0.4 is 0 Å². The topological polar surface area (TPSA) is 20.3 Å². The van der Waals surface area contributed by atoms with Crippen LogP contribution in [-0.4, -0.2) is 23.1 Å². The monoisotopic (exact) mass is 285 g/mol. The van der Waals surface area contributed by atoms with Crippen LogP contribution >= 0.6 is 24.2 Å². The first kappa shape index (κ1) is 15.4. The van der Waals surface area contributed by atoms with Crippen LogP contribution in [0.3, 0.4) is 0 Å². The van der Waals surface area contributed by atoms with E-state index in [4.69, 9.17) is 11.6 Å². The summed E-state index contributed by atoms with van der Waals surface area (Å²) in [5, 5.41) is 0.420. The van der Waals surface area contributed by atoms with E-state index in [9.17, 15) is 4.79 Å². The van der Waals surface area contributed by atoms with E-state index >= 15 is 0 Å². The summed E-state index contributed by atoms with van der Waals surface area (Å²) in [7, 11) is 1.81. The lowest BCUT2D eigenvalue weighted by atomic mass is 10.0. The van der Waals surface area contributed by atoms with Gasteiger partial charge in [0.25, 0.3) is 0 Å². The van der Waals surface area contributed by atoms with E-state index in [1.165, 1.54) is 0 Å². The molecule has 0 heterocycles. The van der Waals surface area contributed by atoms with Gasteiger partial charge in [-0.1, -0.05) is 37.6 Å². The second kappa shape index (κ2) is 6.48. The predicted molar refractivity (Wildman–Crippen MR) is 80.2 cm³/mol. The van der Waals surface area contributed by atoms with Gasteiger partial charge in [0.05, 0.1) is 11.3 Å². The molecule has 0 spiro atoms. The molecule has 0 aliphatic rings. The third-order valence-corrected chi connectivity index (χ3v) is 4.20. The van der Waals surface area contributed by atoms with Crippen molar-refractivity contribution in [2.24, 2.45) is 5.92 Å². The minimum Gasteiger partial charge on any atom is -0.338 e. The Kier molecular flexibility index (Phi) is 5.54. The molecule has 1 aromatic rings. The Hall–Kier alpha value is -0.670. The number of hydrogen-bond acceptors (Lipinski definition) is 2. The van der Waals surface area contributed by atoms with Crippen LogP contribution in [0.2, 0.25) is 5.02 Å². The molecule has 0 bridgehead atoms. The highest BCUT2D eigenvalue weighted by Gasteiger charge is 2.25. The van der Waals surface area contributed by atoms with Gasteiger partial charge in [0.2, 0.25) is 5.91 Å². The molecule has 2 atom stereocenters. The van der Waals surface area contributed by atoms with Gasteiger partial charge in [-0.15, -0.1) is 0 Å². The number of benzene rings is 1. The van der Waals surface area contributed by atoms with Gasteiger partial charge in [0.15, 0.2) is 0 Å². The maximum absolute atomic E-state index is 12.2. The lowest BCUT2D eigenvalue weighted by Gasteiger charge is -2.29. The van der Waals surface area contributed by atoms with Crippen LogP contribution in [-0.2, 0) is 4.79 Å². The number of nitrogens with zero attached hydrogens (tertiary/aromatic N) is 1. The summed E-state index contributed by atoms with van der Waals surface area (Å²) in [6.45, 7) is 5.98. The fraction of sp³-hybridized carbons (Fsp3) is 0.500. The Morgan fingerprint density at radius 1 is 1.33 bits per heavy atom. The molecule has 2 nitrogen and oxygen atoms in total. The lowest BCUT2D eigenvalue weighted by Crippen LogP contribution is -2.37. The summed E-state index contributed by atoms with van der Waals surface area (Å²) in [6, 6.07) is 7.58. The molecule has 0 saturated carbocycles. The fourth-order valence-electron chi connectivity index (χ4n) is 1.67. The highest BCUT2D eigenvalue weighted by molar-refractivity contribution is 7.81. The summed E-state index contributed by atoms with van der Waals surface area (Å²) < 4.78 is 0. The largest absolute Gasteiger partial charge is 0.338 e. The fourth-order valence-corrected chi connectivity index (χ4v) is 2.06. The first-order valence-corrected chi connectivity index (χ1v) is 6.94. The molecule has 1 amide bonds. The standard InChI is InChI=1S/C14H20ClNOS/c1-9(2)13(18)14(17)16(4)10(3)11-6-5-7-12(15)8-11/h5-10,13,18H,1-4H3. The molecular weight excluding hydrogens is 266 g/mol. The van der Waals surface area contributed by atoms with Crippen molar-refractivity contribution in [3.05, 3.63) is 34.9 Å². The summed E-state index contributed by atoms with van der Waals surface area (Å²) in [5.41, 5.74) is 1.03. The van der Waals surface area contributed by atoms with Gasteiger partial charge in [-0.3, -0.25) is 4.79 Å². The van der Waals surface area contributed by atoms with Crippen molar-refractivity contribution in [3.63, 3.8) is 0 Å². The number of amides is 1. The molecule has 0 fully saturated rings. The SMILES string of the molecule is CC(C)C(S)C(=O)N(C)C(C)c1cccc(Cl)c1. The summed E-state index contributed by atoms with van der Waals surface area (Å²) in [4.78, 5) is 13.9. The molecule has 0 radical (unpaired) electrons. The molecule has 1 rings (SSSR count). The second-order valence-corrected chi connectivity index (χ2v) is 5.86. The zero-order valence-electron chi connectivity index (χ0n) is 11.2. The zero-order valence-corrected chi connectivity index (χ0v) is 12.9. The van der Waals surface area contributed by atoms with Gasteiger partial charge in [0, 0.05) is 12.1 Å². The Morgan fingerprint density at radius 3 is 2.44 bits per heavy atom. The Bertz CT molecular complexity index is 422. The lowest BCUT2D eigenvalue weighted by molar-refractivity contribution is -0.131. The first-order chi connectivity index (χ1) is 8.34. The minimum atomic E-state index is -0.267. The molecule has 0 aromatic heterocycles. The number of hydrogen-bond donors (Lipinski definition) is 1. The molecule has 4 heteroatoms.